The summed E-state index contributed by atoms with van der Waals surface area (Å²) in [7, 11) is 0. The van der Waals surface area contributed by atoms with Crippen molar-refractivity contribution >= 4 is 0 Å². The van der Waals surface area contributed by atoms with Crippen molar-refractivity contribution in [2.75, 3.05) is 0 Å². The third kappa shape index (κ3) is 1.72. The van der Waals surface area contributed by atoms with Crippen molar-refractivity contribution < 1.29 is 18.3 Å². The van der Waals surface area contributed by atoms with Gasteiger partial charge in [0.2, 0.25) is 0 Å². The van der Waals surface area contributed by atoms with Gasteiger partial charge in [-0.3, -0.25) is 0 Å². The molecule has 1 rings (SSSR count). The number of aliphatic hydroxyl groups is 1. The van der Waals surface area contributed by atoms with Crippen molar-refractivity contribution in [3.8, 4) is 0 Å². The lowest BCUT2D eigenvalue weighted by Crippen LogP contribution is -2.51. The topological polar surface area (TPSA) is 46.2 Å². The van der Waals surface area contributed by atoms with Gasteiger partial charge in [0.1, 0.15) is 0 Å². The van der Waals surface area contributed by atoms with Crippen LogP contribution in [0.3, 0.4) is 0 Å². The molecule has 1 saturated carbocycles. The SMILES string of the molecule is NC1CCCC(O)(C(F)(F)F)C1. The average molecular weight is 183 g/mol. The van der Waals surface area contributed by atoms with E-state index in [0.29, 0.717) is 12.8 Å². The molecule has 1 aliphatic rings. The summed E-state index contributed by atoms with van der Waals surface area (Å²) in [6.45, 7) is 0. The first kappa shape index (κ1) is 9.80. The van der Waals surface area contributed by atoms with E-state index in [0.717, 1.165) is 0 Å². The van der Waals surface area contributed by atoms with Gasteiger partial charge in [0.05, 0.1) is 0 Å². The largest absolute Gasteiger partial charge is 0.417 e. The molecule has 72 valence electrons. The highest BCUT2D eigenvalue weighted by atomic mass is 19.4. The van der Waals surface area contributed by atoms with Gasteiger partial charge in [-0.05, 0) is 19.3 Å². The zero-order valence-corrected chi connectivity index (χ0v) is 6.56. The molecular weight excluding hydrogens is 171 g/mol. The molecule has 5 heteroatoms. The van der Waals surface area contributed by atoms with E-state index in [-0.39, 0.29) is 12.8 Å². The summed E-state index contributed by atoms with van der Waals surface area (Å²) >= 11 is 0. The Morgan fingerprint density at radius 1 is 1.42 bits per heavy atom. The second kappa shape index (κ2) is 2.88. The number of halogens is 3. The lowest BCUT2D eigenvalue weighted by molar-refractivity contribution is -0.270. The molecule has 0 aromatic carbocycles. The van der Waals surface area contributed by atoms with Gasteiger partial charge in [0, 0.05) is 12.5 Å². The quantitative estimate of drug-likeness (QED) is 0.592. The van der Waals surface area contributed by atoms with E-state index in [1.54, 1.807) is 0 Å². The molecule has 2 unspecified atom stereocenters. The average Bonchev–Trinajstić information content (AvgIpc) is 1.83. The van der Waals surface area contributed by atoms with Crippen LogP contribution in [0, 0.1) is 0 Å². The summed E-state index contributed by atoms with van der Waals surface area (Å²) in [4.78, 5) is 0. The van der Waals surface area contributed by atoms with Crippen molar-refractivity contribution in [3.63, 3.8) is 0 Å². The molecule has 2 atom stereocenters. The normalized spacial score (nSPS) is 38.2. The summed E-state index contributed by atoms with van der Waals surface area (Å²) in [6, 6.07) is -0.523. The highest BCUT2D eigenvalue weighted by Crippen LogP contribution is 2.40. The lowest BCUT2D eigenvalue weighted by Gasteiger charge is -2.36. The van der Waals surface area contributed by atoms with Crippen LogP contribution < -0.4 is 5.73 Å². The molecule has 0 aliphatic heterocycles. The number of alkyl halides is 3. The van der Waals surface area contributed by atoms with E-state index in [1.807, 2.05) is 0 Å². The van der Waals surface area contributed by atoms with Crippen LogP contribution >= 0.6 is 0 Å². The highest BCUT2D eigenvalue weighted by molar-refractivity contribution is 4.93. The van der Waals surface area contributed by atoms with Gasteiger partial charge >= 0.3 is 6.18 Å². The Labute approximate surface area is 68.6 Å². The van der Waals surface area contributed by atoms with Gasteiger partial charge in [-0.15, -0.1) is 0 Å². The minimum Gasteiger partial charge on any atom is -0.380 e. The molecule has 0 saturated heterocycles. The molecule has 3 N–H and O–H groups in total. The Balaban J connectivity index is 2.70. The molecule has 0 aromatic rings. The van der Waals surface area contributed by atoms with Gasteiger partial charge in [-0.25, -0.2) is 0 Å². The molecule has 0 spiro atoms. The van der Waals surface area contributed by atoms with E-state index in [1.165, 1.54) is 0 Å². The van der Waals surface area contributed by atoms with Gasteiger partial charge in [-0.1, -0.05) is 0 Å². The van der Waals surface area contributed by atoms with Crippen LogP contribution in [0.5, 0.6) is 0 Å². The molecule has 12 heavy (non-hydrogen) atoms. The van der Waals surface area contributed by atoms with E-state index >= 15 is 0 Å². The molecule has 2 nitrogen and oxygen atoms in total. The number of nitrogens with two attached hydrogens (primary N) is 1. The first-order valence-corrected chi connectivity index (χ1v) is 3.90. The van der Waals surface area contributed by atoms with Crippen LogP contribution in [0.4, 0.5) is 13.2 Å². The van der Waals surface area contributed by atoms with Crippen LogP contribution in [0.25, 0.3) is 0 Å². The van der Waals surface area contributed by atoms with E-state index in [9.17, 15) is 18.3 Å². The summed E-state index contributed by atoms with van der Waals surface area (Å²) in [5.74, 6) is 0. The summed E-state index contributed by atoms with van der Waals surface area (Å²) in [5.41, 5.74) is 2.81. The molecule has 0 radical (unpaired) electrons. The fourth-order valence-corrected chi connectivity index (χ4v) is 1.55. The number of hydrogen-bond donors (Lipinski definition) is 2. The Hall–Kier alpha value is -0.290. The predicted molar refractivity (Wildman–Crippen MR) is 37.4 cm³/mol. The number of hydrogen-bond acceptors (Lipinski definition) is 2. The van der Waals surface area contributed by atoms with Gasteiger partial charge in [0.15, 0.2) is 5.60 Å². The maximum absolute atomic E-state index is 12.2. The Morgan fingerprint density at radius 3 is 2.33 bits per heavy atom. The molecule has 1 aliphatic carbocycles. The lowest BCUT2D eigenvalue weighted by atomic mass is 9.82. The van der Waals surface area contributed by atoms with Crippen molar-refractivity contribution in [3.05, 3.63) is 0 Å². The minimum atomic E-state index is -4.54. The van der Waals surface area contributed by atoms with E-state index in [2.05, 4.69) is 0 Å². The van der Waals surface area contributed by atoms with Crippen molar-refractivity contribution in [1.29, 1.82) is 0 Å². The maximum atomic E-state index is 12.2. The molecule has 0 aromatic heterocycles. The van der Waals surface area contributed by atoms with E-state index < -0.39 is 17.8 Å². The monoisotopic (exact) mass is 183 g/mol. The molecular formula is C7H12F3NO. The first-order chi connectivity index (χ1) is 5.35. The highest BCUT2D eigenvalue weighted by Gasteiger charge is 2.54. The van der Waals surface area contributed by atoms with Gasteiger partial charge in [-0.2, -0.15) is 13.2 Å². The van der Waals surface area contributed by atoms with Gasteiger partial charge < -0.3 is 10.8 Å². The summed E-state index contributed by atoms with van der Waals surface area (Å²) in [5, 5.41) is 9.17. The minimum absolute atomic E-state index is 0.218. The molecule has 0 amide bonds. The fraction of sp³-hybridized carbons (Fsp3) is 1.00. The Kier molecular flexibility index (Phi) is 2.35. The van der Waals surface area contributed by atoms with Crippen LogP contribution in [-0.4, -0.2) is 22.9 Å². The Bertz CT molecular complexity index is 171. The Morgan fingerprint density at radius 2 is 2.00 bits per heavy atom. The second-order valence-corrected chi connectivity index (χ2v) is 3.39. The second-order valence-electron chi connectivity index (χ2n) is 3.39. The van der Waals surface area contributed by atoms with Crippen molar-refractivity contribution in [2.45, 2.75) is 43.5 Å². The van der Waals surface area contributed by atoms with Crippen LogP contribution in [0.2, 0.25) is 0 Å². The fourth-order valence-electron chi connectivity index (χ4n) is 1.55. The van der Waals surface area contributed by atoms with Gasteiger partial charge in [0.25, 0.3) is 0 Å². The van der Waals surface area contributed by atoms with Crippen molar-refractivity contribution in [2.24, 2.45) is 5.73 Å². The summed E-state index contributed by atoms with van der Waals surface area (Å²) in [6.07, 6.45) is -4.21. The maximum Gasteiger partial charge on any atom is 0.417 e. The third-order valence-electron chi connectivity index (χ3n) is 2.29. The predicted octanol–water partition coefficient (Wildman–Crippen LogP) is 1.18. The first-order valence-electron chi connectivity index (χ1n) is 3.90. The molecule has 1 fully saturated rings. The van der Waals surface area contributed by atoms with Crippen LogP contribution in [0.15, 0.2) is 0 Å². The zero-order chi connectivity index (χ0) is 9.41. The van der Waals surface area contributed by atoms with E-state index in [4.69, 9.17) is 5.73 Å². The molecule has 0 bridgehead atoms. The molecule has 0 heterocycles. The third-order valence-corrected chi connectivity index (χ3v) is 2.29. The zero-order valence-electron chi connectivity index (χ0n) is 6.56. The smallest absolute Gasteiger partial charge is 0.380 e. The summed E-state index contributed by atoms with van der Waals surface area (Å²) < 4.78 is 36.6. The van der Waals surface area contributed by atoms with Crippen molar-refractivity contribution in [1.82, 2.24) is 0 Å². The van der Waals surface area contributed by atoms with Crippen LogP contribution in [0.1, 0.15) is 25.7 Å². The van der Waals surface area contributed by atoms with Crippen LogP contribution in [-0.2, 0) is 0 Å². The standard InChI is InChI=1S/C7H12F3NO/c8-7(9,10)6(12)3-1-2-5(11)4-6/h5,12H,1-4,11H2. The number of rotatable bonds is 0.